The van der Waals surface area contributed by atoms with Gasteiger partial charge in [-0.15, -0.1) is 22.7 Å². The van der Waals surface area contributed by atoms with Crippen molar-refractivity contribution in [3.8, 4) is 10.6 Å². The average Bonchev–Trinajstić information content (AvgIpc) is 2.84. The number of rotatable bonds is 2. The molecule has 0 bridgehead atoms. The number of thiazole rings is 1. The van der Waals surface area contributed by atoms with Crippen molar-refractivity contribution in [1.29, 1.82) is 0 Å². The lowest BCUT2D eigenvalue weighted by Crippen LogP contribution is -1.99. The highest BCUT2D eigenvalue weighted by atomic mass is 79.9. The Hall–Kier alpha value is -0.720. The summed E-state index contributed by atoms with van der Waals surface area (Å²) in [4.78, 5) is 16.4. The number of nitrogens with zero attached hydrogens (tertiary/aromatic N) is 1. The summed E-state index contributed by atoms with van der Waals surface area (Å²) in [5.74, 6) is -0.387. The van der Waals surface area contributed by atoms with Crippen LogP contribution in [0.25, 0.3) is 10.6 Å². The zero-order valence-electron chi connectivity index (χ0n) is 7.69. The van der Waals surface area contributed by atoms with Crippen molar-refractivity contribution >= 4 is 44.6 Å². The van der Waals surface area contributed by atoms with Gasteiger partial charge in [0.1, 0.15) is 0 Å². The molecule has 0 aromatic carbocycles. The van der Waals surface area contributed by atoms with Gasteiger partial charge in [0, 0.05) is 15.2 Å². The molecule has 6 heteroatoms. The van der Waals surface area contributed by atoms with E-state index in [1.165, 1.54) is 18.4 Å². The molecule has 2 aromatic rings. The van der Waals surface area contributed by atoms with Gasteiger partial charge in [-0.05, 0) is 22.0 Å². The summed E-state index contributed by atoms with van der Waals surface area (Å²) in [5, 5.41) is 4.22. The fourth-order valence-corrected chi connectivity index (χ4v) is 3.21. The van der Waals surface area contributed by atoms with E-state index in [9.17, 15) is 4.79 Å². The van der Waals surface area contributed by atoms with Crippen LogP contribution in [0, 0.1) is 0 Å². The van der Waals surface area contributed by atoms with E-state index < -0.39 is 0 Å². The Balaban J connectivity index is 2.31. The van der Waals surface area contributed by atoms with Crippen molar-refractivity contribution in [2.75, 3.05) is 7.11 Å². The molecule has 0 amide bonds. The Morgan fingerprint density at radius 2 is 2.27 bits per heavy atom. The molecule has 0 radical (unpaired) electrons. The van der Waals surface area contributed by atoms with Crippen LogP contribution in [0.15, 0.2) is 21.3 Å². The van der Waals surface area contributed by atoms with E-state index in [1.54, 1.807) is 11.3 Å². The molecule has 0 fully saturated rings. The predicted molar refractivity (Wildman–Crippen MR) is 64.5 cm³/mol. The number of methoxy groups -OCH3 is 1. The minimum absolute atomic E-state index is 0.386. The third kappa shape index (κ3) is 2.27. The second-order valence-electron chi connectivity index (χ2n) is 2.66. The van der Waals surface area contributed by atoms with Crippen LogP contribution in [-0.4, -0.2) is 18.1 Å². The summed E-state index contributed by atoms with van der Waals surface area (Å²) in [6, 6.07) is 1.97. The average molecular weight is 304 g/mol. The molecular formula is C9H6BrNO2S2. The number of aromatic nitrogens is 1. The van der Waals surface area contributed by atoms with Gasteiger partial charge in [0.15, 0.2) is 0 Å². The van der Waals surface area contributed by atoms with Crippen molar-refractivity contribution in [2.24, 2.45) is 0 Å². The number of carbonyl (C=O) groups is 1. The summed E-state index contributed by atoms with van der Waals surface area (Å²) in [6.07, 6.45) is 0. The Bertz CT molecular complexity index is 492. The molecule has 15 heavy (non-hydrogen) atoms. The van der Waals surface area contributed by atoms with E-state index >= 15 is 0 Å². The minimum Gasteiger partial charge on any atom is -0.464 e. The molecule has 0 aliphatic heterocycles. The van der Waals surface area contributed by atoms with Gasteiger partial charge >= 0.3 is 5.97 Å². The highest BCUT2D eigenvalue weighted by molar-refractivity contribution is 9.10. The highest BCUT2D eigenvalue weighted by Crippen LogP contribution is 2.30. The van der Waals surface area contributed by atoms with E-state index in [1.807, 2.05) is 16.8 Å². The second-order valence-corrected chi connectivity index (χ2v) is 5.34. The maximum absolute atomic E-state index is 11.2. The first kappa shape index (κ1) is 10.8. The normalized spacial score (nSPS) is 10.3. The van der Waals surface area contributed by atoms with Crippen molar-refractivity contribution in [2.45, 2.75) is 0 Å². The molecule has 0 saturated carbocycles. The summed E-state index contributed by atoms with van der Waals surface area (Å²) in [6.45, 7) is 0. The molecule has 2 heterocycles. The number of ether oxygens (including phenoxy) is 1. The maximum atomic E-state index is 11.2. The summed E-state index contributed by atoms with van der Waals surface area (Å²) in [7, 11) is 1.35. The summed E-state index contributed by atoms with van der Waals surface area (Å²) >= 11 is 6.25. The van der Waals surface area contributed by atoms with Crippen LogP contribution in [0.4, 0.5) is 0 Å². The van der Waals surface area contributed by atoms with Crippen LogP contribution in [0.5, 0.6) is 0 Å². The Kier molecular flexibility index (Phi) is 3.18. The molecule has 0 unspecified atom stereocenters. The minimum atomic E-state index is -0.387. The van der Waals surface area contributed by atoms with Gasteiger partial charge in [0.25, 0.3) is 0 Å². The number of thiophene rings is 1. The first-order valence-corrected chi connectivity index (χ1v) is 6.54. The number of carbonyl (C=O) groups excluding carboxylic acids is 1. The van der Waals surface area contributed by atoms with E-state index in [2.05, 4.69) is 25.7 Å². The van der Waals surface area contributed by atoms with Crippen molar-refractivity contribution < 1.29 is 9.53 Å². The standard InChI is InChI=1S/C9H6BrNO2S2/c1-13-9(12)8-11-6(4-15-8)7-2-5(10)3-14-7/h2-4H,1H3. The van der Waals surface area contributed by atoms with Crippen LogP contribution in [0.1, 0.15) is 9.80 Å². The van der Waals surface area contributed by atoms with Gasteiger partial charge in [0.2, 0.25) is 5.01 Å². The zero-order valence-corrected chi connectivity index (χ0v) is 10.9. The summed E-state index contributed by atoms with van der Waals surface area (Å²) in [5.41, 5.74) is 0.816. The lowest BCUT2D eigenvalue weighted by molar-refractivity contribution is 0.0600. The van der Waals surface area contributed by atoms with E-state index in [0.29, 0.717) is 5.01 Å². The molecule has 3 nitrogen and oxygen atoms in total. The molecule has 0 spiro atoms. The molecule has 0 aliphatic rings. The van der Waals surface area contributed by atoms with Crippen LogP contribution in [0.3, 0.4) is 0 Å². The Morgan fingerprint density at radius 3 is 2.87 bits per heavy atom. The largest absolute Gasteiger partial charge is 0.464 e. The molecule has 0 N–H and O–H groups in total. The lowest BCUT2D eigenvalue weighted by Gasteiger charge is -1.91. The molecular weight excluding hydrogens is 298 g/mol. The van der Waals surface area contributed by atoms with Crippen LogP contribution in [-0.2, 0) is 4.74 Å². The van der Waals surface area contributed by atoms with Gasteiger partial charge in [-0.1, -0.05) is 0 Å². The topological polar surface area (TPSA) is 39.2 Å². The van der Waals surface area contributed by atoms with Crippen LogP contribution >= 0.6 is 38.6 Å². The maximum Gasteiger partial charge on any atom is 0.367 e. The van der Waals surface area contributed by atoms with Crippen molar-refractivity contribution in [3.05, 3.63) is 26.3 Å². The van der Waals surface area contributed by atoms with E-state index in [4.69, 9.17) is 0 Å². The van der Waals surface area contributed by atoms with Gasteiger partial charge in [-0.3, -0.25) is 0 Å². The smallest absolute Gasteiger partial charge is 0.367 e. The molecule has 2 aromatic heterocycles. The molecule has 0 atom stereocenters. The van der Waals surface area contributed by atoms with Gasteiger partial charge in [-0.25, -0.2) is 9.78 Å². The number of hydrogen-bond acceptors (Lipinski definition) is 5. The highest BCUT2D eigenvalue weighted by Gasteiger charge is 2.12. The number of hydrogen-bond donors (Lipinski definition) is 0. The number of esters is 1. The lowest BCUT2D eigenvalue weighted by atomic mass is 10.4. The van der Waals surface area contributed by atoms with Crippen molar-refractivity contribution in [1.82, 2.24) is 4.98 Å². The third-order valence-electron chi connectivity index (χ3n) is 1.68. The van der Waals surface area contributed by atoms with E-state index in [-0.39, 0.29) is 5.97 Å². The molecule has 78 valence electrons. The quantitative estimate of drug-likeness (QED) is 0.798. The fourth-order valence-electron chi connectivity index (χ4n) is 1.02. The Labute approximate surface area is 103 Å². The van der Waals surface area contributed by atoms with Crippen LogP contribution in [0.2, 0.25) is 0 Å². The molecule has 0 saturated heterocycles. The second kappa shape index (κ2) is 4.42. The molecule has 2 rings (SSSR count). The van der Waals surface area contributed by atoms with Crippen molar-refractivity contribution in [3.63, 3.8) is 0 Å². The first-order chi connectivity index (χ1) is 7.20. The van der Waals surface area contributed by atoms with Gasteiger partial charge in [-0.2, -0.15) is 0 Å². The predicted octanol–water partition coefficient (Wildman–Crippen LogP) is 3.42. The SMILES string of the molecule is COC(=O)c1nc(-c2cc(Br)cs2)cs1. The Morgan fingerprint density at radius 1 is 1.47 bits per heavy atom. The van der Waals surface area contributed by atoms with Gasteiger partial charge in [0.05, 0.1) is 17.7 Å². The third-order valence-corrected chi connectivity index (χ3v) is 4.22. The van der Waals surface area contributed by atoms with Gasteiger partial charge < -0.3 is 4.74 Å². The zero-order chi connectivity index (χ0) is 10.8. The van der Waals surface area contributed by atoms with Crippen LogP contribution < -0.4 is 0 Å². The fraction of sp³-hybridized carbons (Fsp3) is 0.111. The monoisotopic (exact) mass is 303 g/mol. The number of halogens is 1. The first-order valence-electron chi connectivity index (χ1n) is 3.99. The van der Waals surface area contributed by atoms with E-state index in [0.717, 1.165) is 15.0 Å². The molecule has 0 aliphatic carbocycles. The summed E-state index contributed by atoms with van der Waals surface area (Å²) < 4.78 is 5.62.